The number of carboxylic acid groups (broad SMARTS) is 1. The van der Waals surface area contributed by atoms with E-state index in [2.05, 4.69) is 4.98 Å². The molecule has 2 heterocycles. The van der Waals surface area contributed by atoms with Gasteiger partial charge in [0.2, 0.25) is 0 Å². The van der Waals surface area contributed by atoms with Crippen LogP contribution in [0.3, 0.4) is 0 Å². The Kier molecular flexibility index (Phi) is 2.98. The summed E-state index contributed by atoms with van der Waals surface area (Å²) in [6.45, 7) is 2.40. The molecule has 0 aliphatic carbocycles. The maximum Gasteiger partial charge on any atom is 0.352 e. The lowest BCUT2D eigenvalue weighted by Crippen LogP contribution is -2.08. The Morgan fingerprint density at radius 2 is 2.44 bits per heavy atom. The summed E-state index contributed by atoms with van der Waals surface area (Å²) >= 11 is 7.32. The standard InChI is InChI=1S/C10H9ClN2O2S/c1-6-3-12-9(16-6)5-13-4-7(11)2-8(13)10(14)15/h2-4H,5H2,1H3,(H,14,15). The zero-order valence-electron chi connectivity index (χ0n) is 8.48. The lowest BCUT2D eigenvalue weighted by Gasteiger charge is -2.02. The lowest BCUT2D eigenvalue weighted by atomic mass is 10.4. The van der Waals surface area contributed by atoms with E-state index in [1.807, 2.05) is 6.92 Å². The minimum absolute atomic E-state index is 0.179. The number of nitrogens with zero attached hydrogens (tertiary/aromatic N) is 2. The number of aromatic nitrogens is 2. The average Bonchev–Trinajstić information content (AvgIpc) is 2.74. The van der Waals surface area contributed by atoms with Crippen LogP contribution in [0.2, 0.25) is 5.02 Å². The third-order valence-electron chi connectivity index (χ3n) is 2.06. The highest BCUT2D eigenvalue weighted by Gasteiger charge is 2.12. The highest BCUT2D eigenvalue weighted by atomic mass is 35.5. The average molecular weight is 257 g/mol. The van der Waals surface area contributed by atoms with Gasteiger partial charge in [0.05, 0.1) is 11.6 Å². The molecule has 2 aromatic heterocycles. The van der Waals surface area contributed by atoms with Crippen molar-refractivity contribution in [2.45, 2.75) is 13.5 Å². The van der Waals surface area contributed by atoms with Crippen LogP contribution in [0.4, 0.5) is 0 Å². The minimum Gasteiger partial charge on any atom is -0.477 e. The van der Waals surface area contributed by atoms with Gasteiger partial charge in [-0.1, -0.05) is 11.6 Å². The second-order valence-corrected chi connectivity index (χ2v) is 5.10. The fourth-order valence-electron chi connectivity index (χ4n) is 1.40. The van der Waals surface area contributed by atoms with E-state index in [4.69, 9.17) is 16.7 Å². The maximum atomic E-state index is 10.9. The summed E-state index contributed by atoms with van der Waals surface area (Å²) in [5, 5.41) is 10.3. The number of rotatable bonds is 3. The van der Waals surface area contributed by atoms with Crippen LogP contribution in [0.5, 0.6) is 0 Å². The van der Waals surface area contributed by atoms with Gasteiger partial charge in [-0.15, -0.1) is 11.3 Å². The van der Waals surface area contributed by atoms with Crippen LogP contribution in [-0.4, -0.2) is 20.6 Å². The lowest BCUT2D eigenvalue weighted by molar-refractivity contribution is 0.0685. The van der Waals surface area contributed by atoms with Crippen molar-refractivity contribution in [3.63, 3.8) is 0 Å². The summed E-state index contributed by atoms with van der Waals surface area (Å²) in [4.78, 5) is 16.2. The van der Waals surface area contributed by atoms with Crippen molar-refractivity contribution in [2.24, 2.45) is 0 Å². The topological polar surface area (TPSA) is 55.1 Å². The van der Waals surface area contributed by atoms with E-state index in [1.165, 1.54) is 6.07 Å². The van der Waals surface area contributed by atoms with E-state index in [0.29, 0.717) is 11.6 Å². The van der Waals surface area contributed by atoms with Crippen LogP contribution < -0.4 is 0 Å². The molecule has 0 aliphatic rings. The highest BCUT2D eigenvalue weighted by Crippen LogP contribution is 2.18. The molecule has 4 nitrogen and oxygen atoms in total. The second-order valence-electron chi connectivity index (χ2n) is 3.34. The highest BCUT2D eigenvalue weighted by molar-refractivity contribution is 7.11. The Labute approximate surface area is 101 Å². The largest absolute Gasteiger partial charge is 0.477 e. The molecule has 0 saturated carbocycles. The molecule has 0 fully saturated rings. The van der Waals surface area contributed by atoms with Crippen molar-refractivity contribution in [3.05, 3.63) is 39.1 Å². The molecule has 84 valence electrons. The first kappa shape index (κ1) is 11.2. The number of aryl methyl sites for hydroxylation is 1. The van der Waals surface area contributed by atoms with Gasteiger partial charge in [-0.05, 0) is 13.0 Å². The zero-order chi connectivity index (χ0) is 11.7. The molecule has 0 saturated heterocycles. The summed E-state index contributed by atoms with van der Waals surface area (Å²) in [7, 11) is 0. The van der Waals surface area contributed by atoms with Gasteiger partial charge in [-0.25, -0.2) is 9.78 Å². The Morgan fingerprint density at radius 3 is 3.00 bits per heavy atom. The van der Waals surface area contributed by atoms with Gasteiger partial charge in [0.1, 0.15) is 10.7 Å². The molecule has 16 heavy (non-hydrogen) atoms. The molecule has 0 radical (unpaired) electrons. The quantitative estimate of drug-likeness (QED) is 0.919. The van der Waals surface area contributed by atoms with Gasteiger partial charge >= 0.3 is 5.97 Å². The van der Waals surface area contributed by atoms with E-state index >= 15 is 0 Å². The zero-order valence-corrected chi connectivity index (χ0v) is 10.0. The van der Waals surface area contributed by atoms with Crippen molar-refractivity contribution in [3.8, 4) is 0 Å². The van der Waals surface area contributed by atoms with Crippen molar-refractivity contribution in [2.75, 3.05) is 0 Å². The molecular weight excluding hydrogens is 248 g/mol. The van der Waals surface area contributed by atoms with Crippen LogP contribution in [0, 0.1) is 6.92 Å². The fourth-order valence-corrected chi connectivity index (χ4v) is 2.41. The molecule has 0 aliphatic heterocycles. The summed E-state index contributed by atoms with van der Waals surface area (Å²) < 4.78 is 1.59. The summed E-state index contributed by atoms with van der Waals surface area (Å²) in [5.74, 6) is -0.986. The van der Waals surface area contributed by atoms with Crippen LogP contribution >= 0.6 is 22.9 Å². The van der Waals surface area contributed by atoms with Gasteiger partial charge in [-0.3, -0.25) is 0 Å². The third kappa shape index (κ3) is 2.25. The molecule has 2 aromatic rings. The third-order valence-corrected chi connectivity index (χ3v) is 3.16. The fraction of sp³-hybridized carbons (Fsp3) is 0.200. The van der Waals surface area contributed by atoms with Gasteiger partial charge < -0.3 is 9.67 Å². The smallest absolute Gasteiger partial charge is 0.352 e. The molecule has 0 unspecified atom stereocenters. The monoisotopic (exact) mass is 256 g/mol. The van der Waals surface area contributed by atoms with E-state index in [-0.39, 0.29) is 5.69 Å². The number of halogens is 1. The molecule has 0 spiro atoms. The van der Waals surface area contributed by atoms with E-state index in [1.54, 1.807) is 28.3 Å². The molecule has 0 amide bonds. The number of carboxylic acids is 1. The Morgan fingerprint density at radius 1 is 1.69 bits per heavy atom. The molecule has 0 aromatic carbocycles. The van der Waals surface area contributed by atoms with Crippen molar-refractivity contribution in [1.29, 1.82) is 0 Å². The first-order valence-electron chi connectivity index (χ1n) is 4.56. The molecule has 0 atom stereocenters. The first-order valence-corrected chi connectivity index (χ1v) is 5.76. The molecule has 1 N–H and O–H groups in total. The minimum atomic E-state index is -0.986. The van der Waals surface area contributed by atoms with Crippen LogP contribution in [0.25, 0.3) is 0 Å². The normalized spacial score (nSPS) is 10.6. The number of hydrogen-bond donors (Lipinski definition) is 1. The van der Waals surface area contributed by atoms with Crippen molar-refractivity contribution < 1.29 is 9.90 Å². The Bertz CT molecular complexity index is 533. The van der Waals surface area contributed by atoms with Gasteiger partial charge in [-0.2, -0.15) is 0 Å². The number of carbonyl (C=O) groups is 1. The van der Waals surface area contributed by atoms with Crippen molar-refractivity contribution >= 4 is 28.9 Å². The van der Waals surface area contributed by atoms with Crippen LogP contribution in [0.1, 0.15) is 20.4 Å². The first-order chi connectivity index (χ1) is 7.56. The summed E-state index contributed by atoms with van der Waals surface area (Å²) in [5.41, 5.74) is 0.179. The number of hydrogen-bond acceptors (Lipinski definition) is 3. The Balaban J connectivity index is 2.30. The van der Waals surface area contributed by atoms with Crippen molar-refractivity contribution in [1.82, 2.24) is 9.55 Å². The molecule has 0 bridgehead atoms. The molecule has 2 rings (SSSR count). The van der Waals surface area contributed by atoms with E-state index < -0.39 is 5.97 Å². The van der Waals surface area contributed by atoms with Crippen LogP contribution in [-0.2, 0) is 6.54 Å². The predicted octanol–water partition coefficient (Wildman–Crippen LogP) is 2.65. The summed E-state index contributed by atoms with van der Waals surface area (Å²) in [6, 6.07) is 1.43. The van der Waals surface area contributed by atoms with Gasteiger partial charge in [0, 0.05) is 17.3 Å². The Hall–Kier alpha value is -1.33. The molecular formula is C10H9ClN2O2S. The molecule has 6 heteroatoms. The SMILES string of the molecule is Cc1cnc(Cn2cc(Cl)cc2C(=O)O)s1. The van der Waals surface area contributed by atoms with E-state index in [9.17, 15) is 4.79 Å². The van der Waals surface area contributed by atoms with Crippen LogP contribution in [0.15, 0.2) is 18.5 Å². The second kappa shape index (κ2) is 4.27. The maximum absolute atomic E-state index is 10.9. The number of thiazole rings is 1. The van der Waals surface area contributed by atoms with Gasteiger partial charge in [0.25, 0.3) is 0 Å². The predicted molar refractivity (Wildman–Crippen MR) is 62.4 cm³/mol. The number of aromatic carboxylic acids is 1. The van der Waals surface area contributed by atoms with E-state index in [0.717, 1.165) is 9.88 Å². The van der Waals surface area contributed by atoms with Gasteiger partial charge in [0.15, 0.2) is 0 Å². The summed E-state index contributed by atoms with van der Waals surface area (Å²) in [6.07, 6.45) is 3.37.